The Hall–Kier alpha value is -3.72. The maximum atomic E-state index is 13.5. The fourth-order valence-corrected chi connectivity index (χ4v) is 3.67. The fourth-order valence-electron chi connectivity index (χ4n) is 3.49. The lowest BCUT2D eigenvalue weighted by Crippen LogP contribution is -2.04. The van der Waals surface area contributed by atoms with Gasteiger partial charge in [0.05, 0.1) is 22.6 Å². The second kappa shape index (κ2) is 7.84. The summed E-state index contributed by atoms with van der Waals surface area (Å²) < 4.78 is 13.5. The SMILES string of the molecule is Cc1[nH]c(/C=C2\C(=O)Nc3ncnc(Nc4ccc(F)c(Cl)c4)c32)c(C)c1CC(=O)O. The first-order valence-corrected chi connectivity index (χ1v) is 9.62. The van der Waals surface area contributed by atoms with Crippen LogP contribution in [0.15, 0.2) is 24.5 Å². The molecule has 0 aliphatic carbocycles. The van der Waals surface area contributed by atoms with Crippen molar-refractivity contribution in [2.24, 2.45) is 0 Å². The van der Waals surface area contributed by atoms with Crippen LogP contribution >= 0.6 is 11.6 Å². The van der Waals surface area contributed by atoms with Crippen LogP contribution < -0.4 is 10.6 Å². The van der Waals surface area contributed by atoms with Crippen molar-refractivity contribution in [2.45, 2.75) is 20.3 Å². The molecule has 0 atom stereocenters. The number of amides is 1. The number of benzene rings is 1. The van der Waals surface area contributed by atoms with E-state index in [1.54, 1.807) is 19.9 Å². The van der Waals surface area contributed by atoms with Gasteiger partial charge in [-0.05, 0) is 49.2 Å². The van der Waals surface area contributed by atoms with Crippen molar-refractivity contribution in [1.82, 2.24) is 15.0 Å². The van der Waals surface area contributed by atoms with Gasteiger partial charge in [0.2, 0.25) is 0 Å². The van der Waals surface area contributed by atoms with Crippen LogP contribution in [0.2, 0.25) is 5.02 Å². The lowest BCUT2D eigenvalue weighted by molar-refractivity contribution is -0.136. The summed E-state index contributed by atoms with van der Waals surface area (Å²) in [5, 5.41) is 14.8. The topological polar surface area (TPSA) is 120 Å². The number of rotatable bonds is 5. The number of aliphatic carboxylic acids is 1. The zero-order valence-corrected chi connectivity index (χ0v) is 17.3. The number of carbonyl (C=O) groups is 2. The van der Waals surface area contributed by atoms with E-state index in [4.69, 9.17) is 16.7 Å². The summed E-state index contributed by atoms with van der Waals surface area (Å²) >= 11 is 5.86. The van der Waals surface area contributed by atoms with Crippen molar-refractivity contribution < 1.29 is 19.1 Å². The van der Waals surface area contributed by atoms with Gasteiger partial charge in [0.1, 0.15) is 23.8 Å². The summed E-state index contributed by atoms with van der Waals surface area (Å²) in [4.78, 5) is 35.3. The van der Waals surface area contributed by atoms with E-state index in [-0.39, 0.29) is 17.4 Å². The van der Waals surface area contributed by atoms with Crippen molar-refractivity contribution in [3.63, 3.8) is 0 Å². The fraction of sp³-hybridized carbons (Fsp3) is 0.143. The molecule has 0 saturated carbocycles. The van der Waals surface area contributed by atoms with Gasteiger partial charge in [0.25, 0.3) is 5.91 Å². The number of carbonyl (C=O) groups excluding carboxylic acids is 1. The molecule has 1 aromatic carbocycles. The second-order valence-corrected chi connectivity index (χ2v) is 7.46. The minimum atomic E-state index is -0.939. The predicted octanol–water partition coefficient (Wildman–Crippen LogP) is 4.08. The Morgan fingerprint density at radius 3 is 2.81 bits per heavy atom. The first-order chi connectivity index (χ1) is 14.7. The molecule has 0 spiro atoms. The molecule has 8 nitrogen and oxygen atoms in total. The minimum absolute atomic E-state index is 0.0517. The number of nitrogens with zero attached hydrogens (tertiary/aromatic N) is 2. The quantitative estimate of drug-likeness (QED) is 0.443. The first-order valence-electron chi connectivity index (χ1n) is 9.25. The normalized spacial score (nSPS) is 13.9. The highest BCUT2D eigenvalue weighted by atomic mass is 35.5. The van der Waals surface area contributed by atoms with Gasteiger partial charge in [0.15, 0.2) is 0 Å². The number of carboxylic acid groups (broad SMARTS) is 1. The Kier molecular flexibility index (Phi) is 5.20. The van der Waals surface area contributed by atoms with Crippen LogP contribution in [0.1, 0.15) is 28.1 Å². The Morgan fingerprint density at radius 1 is 1.32 bits per heavy atom. The Balaban J connectivity index is 1.77. The summed E-state index contributed by atoms with van der Waals surface area (Å²) in [5.74, 6) is -1.20. The van der Waals surface area contributed by atoms with Gasteiger partial charge >= 0.3 is 5.97 Å². The van der Waals surface area contributed by atoms with E-state index >= 15 is 0 Å². The van der Waals surface area contributed by atoms with Gasteiger partial charge in [-0.15, -0.1) is 0 Å². The molecule has 0 saturated heterocycles. The number of nitrogens with one attached hydrogen (secondary N) is 3. The van der Waals surface area contributed by atoms with Crippen molar-refractivity contribution in [3.05, 3.63) is 63.4 Å². The molecule has 0 fully saturated rings. The minimum Gasteiger partial charge on any atom is -0.481 e. The molecular formula is C21H17ClFN5O3. The second-order valence-electron chi connectivity index (χ2n) is 7.05. The van der Waals surface area contributed by atoms with E-state index in [1.807, 2.05) is 0 Å². The van der Waals surface area contributed by atoms with E-state index < -0.39 is 11.8 Å². The number of hydrogen-bond acceptors (Lipinski definition) is 5. The van der Waals surface area contributed by atoms with Crippen LogP contribution in [-0.4, -0.2) is 31.9 Å². The Labute approximate surface area is 181 Å². The summed E-state index contributed by atoms with van der Waals surface area (Å²) in [5.41, 5.74) is 3.98. The lowest BCUT2D eigenvalue weighted by Gasteiger charge is -2.10. The van der Waals surface area contributed by atoms with Gasteiger partial charge in [-0.3, -0.25) is 9.59 Å². The number of anilines is 3. The highest BCUT2D eigenvalue weighted by Gasteiger charge is 2.30. The molecule has 3 heterocycles. The van der Waals surface area contributed by atoms with Gasteiger partial charge in [0, 0.05) is 17.1 Å². The predicted molar refractivity (Wildman–Crippen MR) is 115 cm³/mol. The third-order valence-electron chi connectivity index (χ3n) is 5.02. The third kappa shape index (κ3) is 3.87. The number of aromatic nitrogens is 3. The van der Waals surface area contributed by atoms with Gasteiger partial charge < -0.3 is 20.7 Å². The molecule has 1 aliphatic rings. The molecular weight excluding hydrogens is 425 g/mol. The van der Waals surface area contributed by atoms with Crippen LogP contribution in [0.4, 0.5) is 21.7 Å². The molecule has 4 N–H and O–H groups in total. The molecule has 0 radical (unpaired) electrons. The molecule has 158 valence electrons. The molecule has 31 heavy (non-hydrogen) atoms. The number of hydrogen-bond donors (Lipinski definition) is 4. The zero-order chi connectivity index (χ0) is 22.3. The van der Waals surface area contributed by atoms with Crippen molar-refractivity contribution in [2.75, 3.05) is 10.6 Å². The van der Waals surface area contributed by atoms with Crippen molar-refractivity contribution in [1.29, 1.82) is 0 Å². The number of fused-ring (bicyclic) bond motifs is 1. The average molecular weight is 442 g/mol. The van der Waals surface area contributed by atoms with Crippen LogP contribution in [0, 0.1) is 19.7 Å². The summed E-state index contributed by atoms with van der Waals surface area (Å²) in [6, 6.07) is 4.14. The molecule has 2 aromatic heterocycles. The summed E-state index contributed by atoms with van der Waals surface area (Å²) in [6.07, 6.45) is 2.81. The van der Waals surface area contributed by atoms with E-state index in [1.165, 1.54) is 24.5 Å². The Bertz CT molecular complexity index is 1270. The number of aromatic amines is 1. The number of carboxylic acids is 1. The lowest BCUT2D eigenvalue weighted by atomic mass is 10.0. The average Bonchev–Trinajstić information content (AvgIpc) is 3.16. The first kappa shape index (κ1) is 20.5. The van der Waals surface area contributed by atoms with Gasteiger partial charge in [-0.25, -0.2) is 14.4 Å². The van der Waals surface area contributed by atoms with Crippen molar-refractivity contribution >= 4 is 52.4 Å². The van der Waals surface area contributed by atoms with Crippen LogP contribution in [-0.2, 0) is 16.0 Å². The molecule has 10 heteroatoms. The number of aryl methyl sites for hydroxylation is 1. The van der Waals surface area contributed by atoms with Crippen LogP contribution in [0.25, 0.3) is 11.6 Å². The maximum absolute atomic E-state index is 13.5. The standard InChI is InChI=1S/C21H17ClFN5O3/c1-9-12(7-17(29)30)10(2)26-16(9)6-13-18-19(24-8-25-20(18)28-21(13)31)27-11-3-4-15(23)14(22)5-11/h3-6,8,26H,7H2,1-2H3,(H,29,30)(H2,24,25,27,28,31)/b13-6-. The maximum Gasteiger partial charge on any atom is 0.307 e. The van der Waals surface area contributed by atoms with Crippen LogP contribution in [0.3, 0.4) is 0 Å². The van der Waals surface area contributed by atoms with Gasteiger partial charge in [-0.1, -0.05) is 11.6 Å². The van der Waals surface area contributed by atoms with E-state index in [0.29, 0.717) is 45.4 Å². The number of halogens is 2. The smallest absolute Gasteiger partial charge is 0.307 e. The highest BCUT2D eigenvalue weighted by molar-refractivity contribution is 6.35. The summed E-state index contributed by atoms with van der Waals surface area (Å²) in [7, 11) is 0. The van der Waals surface area contributed by atoms with E-state index in [0.717, 1.165) is 5.56 Å². The molecule has 0 bridgehead atoms. The Morgan fingerprint density at radius 2 is 2.10 bits per heavy atom. The molecule has 3 aromatic rings. The molecule has 4 rings (SSSR count). The van der Waals surface area contributed by atoms with Crippen molar-refractivity contribution in [3.8, 4) is 0 Å². The largest absolute Gasteiger partial charge is 0.481 e. The monoisotopic (exact) mass is 441 g/mol. The third-order valence-corrected chi connectivity index (χ3v) is 5.31. The van der Waals surface area contributed by atoms with Crippen LogP contribution in [0.5, 0.6) is 0 Å². The summed E-state index contributed by atoms with van der Waals surface area (Å²) in [6.45, 7) is 3.58. The molecule has 0 unspecified atom stereocenters. The highest BCUT2D eigenvalue weighted by Crippen LogP contribution is 2.38. The van der Waals surface area contributed by atoms with E-state index in [9.17, 15) is 14.0 Å². The van der Waals surface area contributed by atoms with Gasteiger partial charge in [-0.2, -0.15) is 0 Å². The van der Waals surface area contributed by atoms with E-state index in [2.05, 4.69) is 25.6 Å². The zero-order valence-electron chi connectivity index (χ0n) is 16.5. The molecule has 1 amide bonds. The number of H-pyrrole nitrogens is 1. The molecule has 1 aliphatic heterocycles.